The van der Waals surface area contributed by atoms with Crippen LogP contribution in [0.1, 0.15) is 31.9 Å². The number of nitro benzene ring substituents is 1. The first-order valence-electron chi connectivity index (χ1n) is 7.43. The second-order valence-corrected chi connectivity index (χ2v) is 5.58. The number of rotatable bonds is 5. The number of nitro groups is 1. The first-order valence-corrected chi connectivity index (χ1v) is 7.43. The highest BCUT2D eigenvalue weighted by Crippen LogP contribution is 2.36. The van der Waals surface area contributed by atoms with Gasteiger partial charge in [0.15, 0.2) is 0 Å². The maximum atomic E-state index is 13.7. The molecule has 0 spiro atoms. The standard InChI is InChI=1S/C15H22FN3O2.2ClH/c1-3-11(2)15(18-8-6-17-7-9-18)13-10-12(16)4-5-14(13)19(20)21;;/h4-5,10-11,15,17H,3,6-9H2,1-2H3;2*1H/t11?,15-;;/m0../s1. The molecule has 0 aliphatic carbocycles. The third-order valence-electron chi connectivity index (χ3n) is 4.23. The fourth-order valence-corrected chi connectivity index (χ4v) is 2.98. The fourth-order valence-electron chi connectivity index (χ4n) is 2.98. The molecule has 132 valence electrons. The molecule has 1 aromatic rings. The van der Waals surface area contributed by atoms with Crippen LogP contribution in [-0.2, 0) is 0 Å². The lowest BCUT2D eigenvalue weighted by atomic mass is 9.89. The van der Waals surface area contributed by atoms with Crippen molar-refractivity contribution in [3.63, 3.8) is 0 Å². The average molecular weight is 368 g/mol. The lowest BCUT2D eigenvalue weighted by Crippen LogP contribution is -2.46. The minimum atomic E-state index is -0.418. The van der Waals surface area contributed by atoms with Gasteiger partial charge in [-0.1, -0.05) is 20.3 Å². The van der Waals surface area contributed by atoms with Gasteiger partial charge in [-0.25, -0.2) is 4.39 Å². The number of nitrogens with zero attached hydrogens (tertiary/aromatic N) is 2. The summed E-state index contributed by atoms with van der Waals surface area (Å²) in [6, 6.07) is 3.65. The molecule has 8 heteroatoms. The maximum absolute atomic E-state index is 13.7. The van der Waals surface area contributed by atoms with E-state index in [1.54, 1.807) is 0 Å². The van der Waals surface area contributed by atoms with Crippen molar-refractivity contribution in [1.29, 1.82) is 0 Å². The van der Waals surface area contributed by atoms with Crippen LogP contribution in [-0.4, -0.2) is 36.0 Å². The van der Waals surface area contributed by atoms with Crippen LogP contribution in [0.4, 0.5) is 10.1 Å². The Hall–Kier alpha value is -0.950. The summed E-state index contributed by atoms with van der Waals surface area (Å²) in [6.45, 7) is 7.49. The first kappa shape index (κ1) is 22.1. The van der Waals surface area contributed by atoms with Crippen molar-refractivity contribution >= 4 is 30.5 Å². The molecule has 1 aliphatic heterocycles. The van der Waals surface area contributed by atoms with Crippen LogP contribution in [0.3, 0.4) is 0 Å². The summed E-state index contributed by atoms with van der Waals surface area (Å²) in [5.74, 6) is -0.192. The van der Waals surface area contributed by atoms with Crippen LogP contribution in [0.5, 0.6) is 0 Å². The third kappa shape index (κ3) is 5.28. The number of benzene rings is 1. The largest absolute Gasteiger partial charge is 0.314 e. The molecule has 1 fully saturated rings. The summed E-state index contributed by atoms with van der Waals surface area (Å²) in [6.07, 6.45) is 0.891. The van der Waals surface area contributed by atoms with Gasteiger partial charge >= 0.3 is 0 Å². The van der Waals surface area contributed by atoms with E-state index in [4.69, 9.17) is 0 Å². The highest BCUT2D eigenvalue weighted by Gasteiger charge is 2.32. The molecule has 0 aromatic heterocycles. The van der Waals surface area contributed by atoms with Crippen LogP contribution in [0.15, 0.2) is 18.2 Å². The van der Waals surface area contributed by atoms with Gasteiger partial charge in [-0.2, -0.15) is 0 Å². The van der Waals surface area contributed by atoms with Crippen LogP contribution >= 0.6 is 24.8 Å². The van der Waals surface area contributed by atoms with E-state index in [9.17, 15) is 14.5 Å². The van der Waals surface area contributed by atoms with E-state index in [-0.39, 0.29) is 42.5 Å². The number of hydrogen-bond acceptors (Lipinski definition) is 4. The van der Waals surface area contributed by atoms with Crippen molar-refractivity contribution in [2.75, 3.05) is 26.2 Å². The maximum Gasteiger partial charge on any atom is 0.274 e. The summed E-state index contributed by atoms with van der Waals surface area (Å²) >= 11 is 0. The molecule has 1 aliphatic rings. The molecular formula is C15H24Cl2FN3O2. The SMILES string of the molecule is CCC(C)[C@@H](c1cc(F)ccc1[N+](=O)[O-])N1CCNCC1.Cl.Cl. The van der Waals surface area contributed by atoms with Crippen LogP contribution in [0.2, 0.25) is 0 Å². The first-order chi connectivity index (χ1) is 10.0. The molecule has 2 rings (SSSR count). The zero-order chi connectivity index (χ0) is 15.4. The zero-order valence-corrected chi connectivity index (χ0v) is 15.0. The van der Waals surface area contributed by atoms with E-state index in [0.717, 1.165) is 38.7 Å². The van der Waals surface area contributed by atoms with Gasteiger partial charge < -0.3 is 5.32 Å². The second kappa shape index (κ2) is 10.0. The Kier molecular flexibility index (Phi) is 9.61. The third-order valence-corrected chi connectivity index (χ3v) is 4.23. The molecule has 5 nitrogen and oxygen atoms in total. The van der Waals surface area contributed by atoms with Crippen LogP contribution in [0, 0.1) is 21.8 Å². The van der Waals surface area contributed by atoms with Crippen LogP contribution in [0.25, 0.3) is 0 Å². The Morgan fingerprint density at radius 1 is 1.35 bits per heavy atom. The highest BCUT2D eigenvalue weighted by molar-refractivity contribution is 5.85. The van der Waals surface area contributed by atoms with Gasteiger partial charge in [0.2, 0.25) is 0 Å². The minimum absolute atomic E-state index is 0. The van der Waals surface area contributed by atoms with Gasteiger partial charge in [0.1, 0.15) is 5.82 Å². The lowest BCUT2D eigenvalue weighted by molar-refractivity contribution is -0.386. The number of hydrogen-bond donors (Lipinski definition) is 1. The van der Waals surface area contributed by atoms with E-state index in [0.29, 0.717) is 5.56 Å². The van der Waals surface area contributed by atoms with Gasteiger partial charge in [0, 0.05) is 38.3 Å². The molecule has 0 amide bonds. The Bertz CT molecular complexity index is 513. The average Bonchev–Trinajstić information content (AvgIpc) is 2.48. The molecule has 0 saturated carbocycles. The quantitative estimate of drug-likeness (QED) is 0.638. The topological polar surface area (TPSA) is 58.4 Å². The molecule has 0 radical (unpaired) electrons. The zero-order valence-electron chi connectivity index (χ0n) is 13.3. The van der Waals surface area contributed by atoms with Gasteiger partial charge in [0.25, 0.3) is 5.69 Å². The molecule has 1 unspecified atom stereocenters. The molecule has 0 bridgehead atoms. The second-order valence-electron chi connectivity index (χ2n) is 5.58. The minimum Gasteiger partial charge on any atom is -0.314 e. The Balaban J connectivity index is 0.00000242. The van der Waals surface area contributed by atoms with Crippen molar-refractivity contribution in [2.24, 2.45) is 5.92 Å². The summed E-state index contributed by atoms with van der Waals surface area (Å²) in [4.78, 5) is 13.1. The summed E-state index contributed by atoms with van der Waals surface area (Å²) < 4.78 is 13.7. The van der Waals surface area contributed by atoms with Crippen molar-refractivity contribution in [1.82, 2.24) is 10.2 Å². The van der Waals surface area contributed by atoms with E-state index in [1.807, 2.05) is 0 Å². The van der Waals surface area contributed by atoms with Crippen molar-refractivity contribution in [2.45, 2.75) is 26.3 Å². The molecule has 2 atom stereocenters. The Labute approximate surface area is 148 Å². The lowest BCUT2D eigenvalue weighted by Gasteiger charge is -2.38. The van der Waals surface area contributed by atoms with Crippen molar-refractivity contribution < 1.29 is 9.31 Å². The van der Waals surface area contributed by atoms with Gasteiger partial charge in [0.05, 0.1) is 10.5 Å². The van der Waals surface area contributed by atoms with E-state index in [1.165, 1.54) is 12.1 Å². The molecule has 1 aromatic carbocycles. The summed E-state index contributed by atoms with van der Waals surface area (Å²) in [5.41, 5.74) is 0.511. The Morgan fingerprint density at radius 2 is 1.96 bits per heavy atom. The molecular weight excluding hydrogens is 344 g/mol. The predicted molar refractivity (Wildman–Crippen MR) is 94.2 cm³/mol. The van der Waals surface area contributed by atoms with E-state index >= 15 is 0 Å². The highest BCUT2D eigenvalue weighted by atomic mass is 35.5. The van der Waals surface area contributed by atoms with E-state index < -0.39 is 10.7 Å². The molecule has 1 heterocycles. The normalized spacial score (nSPS) is 17.5. The fraction of sp³-hybridized carbons (Fsp3) is 0.600. The van der Waals surface area contributed by atoms with Gasteiger partial charge in [-0.05, 0) is 18.1 Å². The number of piperazine rings is 1. The Morgan fingerprint density at radius 3 is 2.48 bits per heavy atom. The summed E-state index contributed by atoms with van der Waals surface area (Å²) in [5, 5.41) is 14.6. The predicted octanol–water partition coefficient (Wildman–Crippen LogP) is 3.57. The van der Waals surface area contributed by atoms with Crippen molar-refractivity contribution in [3.05, 3.63) is 39.7 Å². The number of halogens is 3. The molecule has 1 N–H and O–H groups in total. The smallest absolute Gasteiger partial charge is 0.274 e. The number of nitrogens with one attached hydrogen (secondary N) is 1. The molecule has 23 heavy (non-hydrogen) atoms. The van der Waals surface area contributed by atoms with Gasteiger partial charge in [-0.3, -0.25) is 15.0 Å². The molecule has 1 saturated heterocycles. The monoisotopic (exact) mass is 367 g/mol. The van der Waals surface area contributed by atoms with Gasteiger partial charge in [-0.15, -0.1) is 24.8 Å². The van der Waals surface area contributed by atoms with E-state index in [2.05, 4.69) is 24.1 Å². The van der Waals surface area contributed by atoms with Crippen LogP contribution < -0.4 is 5.32 Å². The summed E-state index contributed by atoms with van der Waals surface area (Å²) in [7, 11) is 0. The van der Waals surface area contributed by atoms with Crippen molar-refractivity contribution in [3.8, 4) is 0 Å².